The van der Waals surface area contributed by atoms with Gasteiger partial charge in [0.05, 0.1) is 19.3 Å². The number of ether oxygens (including phenoxy) is 3. The zero-order valence-electron chi connectivity index (χ0n) is 21.0. The Hall–Kier alpha value is -2.31. The van der Waals surface area contributed by atoms with Gasteiger partial charge in [0.15, 0.2) is 5.69 Å². The third-order valence-electron chi connectivity index (χ3n) is 6.10. The summed E-state index contributed by atoms with van der Waals surface area (Å²) in [5.74, 6) is 1.01. The minimum Gasteiger partial charge on any atom is -0.493 e. The van der Waals surface area contributed by atoms with E-state index in [0.717, 1.165) is 36.4 Å². The molecule has 0 fully saturated rings. The molecule has 0 aliphatic carbocycles. The smallest absolute Gasteiger partial charge is 0.357 e. The van der Waals surface area contributed by atoms with E-state index < -0.39 is 11.9 Å². The molecule has 1 aliphatic rings. The molecule has 3 heterocycles. The number of halogens is 1. The summed E-state index contributed by atoms with van der Waals surface area (Å²) in [7, 11) is 2.91. The van der Waals surface area contributed by atoms with E-state index in [9.17, 15) is 9.59 Å². The number of benzene rings is 1. The lowest BCUT2D eigenvalue weighted by atomic mass is 9.94. The molecule has 0 bridgehead atoms. The van der Waals surface area contributed by atoms with Crippen LogP contribution in [0.5, 0.6) is 5.75 Å². The van der Waals surface area contributed by atoms with E-state index in [1.807, 2.05) is 31.2 Å². The molecule has 4 rings (SSSR count). The van der Waals surface area contributed by atoms with Crippen molar-refractivity contribution in [1.29, 1.82) is 0 Å². The quantitative estimate of drug-likeness (QED) is 0.137. The fourth-order valence-corrected chi connectivity index (χ4v) is 6.01. The van der Waals surface area contributed by atoms with Crippen molar-refractivity contribution in [3.8, 4) is 27.3 Å². The summed E-state index contributed by atoms with van der Waals surface area (Å²) in [5.41, 5.74) is 3.59. The zero-order valence-corrected chi connectivity index (χ0v) is 24.8. The number of rotatable bonds is 10. The summed E-state index contributed by atoms with van der Waals surface area (Å²) in [6.45, 7) is 6.52. The first kappa shape index (κ1) is 27.7. The number of hydrogen-bond acceptors (Lipinski definition) is 9. The summed E-state index contributed by atoms with van der Waals surface area (Å²) in [4.78, 5) is 34.2. The van der Waals surface area contributed by atoms with Crippen LogP contribution in [0, 0.1) is 0 Å². The zero-order chi connectivity index (χ0) is 26.4. The van der Waals surface area contributed by atoms with Crippen molar-refractivity contribution in [2.45, 2.75) is 26.7 Å². The number of anilines is 1. The van der Waals surface area contributed by atoms with E-state index in [0.29, 0.717) is 40.6 Å². The van der Waals surface area contributed by atoms with E-state index in [4.69, 9.17) is 19.2 Å². The van der Waals surface area contributed by atoms with Crippen molar-refractivity contribution < 1.29 is 23.8 Å². The van der Waals surface area contributed by atoms with E-state index in [1.54, 1.807) is 20.3 Å². The first-order valence-corrected chi connectivity index (χ1v) is 16.6. The van der Waals surface area contributed by atoms with Crippen LogP contribution in [0.4, 0.5) is 5.82 Å². The molecule has 196 valence electrons. The Bertz CT molecular complexity index is 1280. The van der Waals surface area contributed by atoms with Gasteiger partial charge >= 0.3 is 11.9 Å². The molecule has 0 unspecified atom stereocenters. The Morgan fingerprint density at radius 3 is 2.73 bits per heavy atom. The van der Waals surface area contributed by atoms with Gasteiger partial charge < -0.3 is 19.1 Å². The lowest BCUT2D eigenvalue weighted by molar-refractivity contribution is 0.0529. The van der Waals surface area contributed by atoms with Gasteiger partial charge in [-0.1, -0.05) is 15.9 Å². The van der Waals surface area contributed by atoms with Crippen LogP contribution in [0.25, 0.3) is 21.6 Å². The number of nitrogens with zero attached hydrogens (tertiary/aromatic N) is 2. The fraction of sp³-hybridized carbons (Fsp3) is 0.370. The van der Waals surface area contributed by atoms with Crippen molar-refractivity contribution in [3.05, 3.63) is 52.5 Å². The second-order valence-corrected chi connectivity index (χ2v) is 11.8. The predicted octanol–water partition coefficient (Wildman–Crippen LogP) is 6.67. The van der Waals surface area contributed by atoms with E-state index in [2.05, 4.69) is 44.5 Å². The molecule has 0 amide bonds. The average Bonchev–Trinajstić information content (AvgIpc) is 3.32. The summed E-state index contributed by atoms with van der Waals surface area (Å²) in [5, 5.41) is 2.05. The number of fused-ring (bicyclic) bond motifs is 3. The number of methoxy groups -OCH3 is 1. The molecule has 37 heavy (non-hydrogen) atoms. The highest BCUT2D eigenvalue weighted by atomic mass is 127. The maximum Gasteiger partial charge on any atom is 0.357 e. The van der Waals surface area contributed by atoms with E-state index >= 15 is 0 Å². The number of carbonyl (C=O) groups is 2. The van der Waals surface area contributed by atoms with Crippen LogP contribution < -0.4 is 9.64 Å². The highest BCUT2D eigenvalue weighted by Gasteiger charge is 2.27. The van der Waals surface area contributed by atoms with Gasteiger partial charge in [-0.15, -0.1) is 11.3 Å². The van der Waals surface area contributed by atoms with Crippen LogP contribution >= 0.6 is 41.5 Å². The molecule has 0 saturated carbocycles. The molecule has 10 heteroatoms. The molecule has 1 aromatic carbocycles. The van der Waals surface area contributed by atoms with Crippen LogP contribution in [-0.2, 0) is 15.9 Å². The molecule has 1 aliphatic heterocycles. The van der Waals surface area contributed by atoms with Crippen LogP contribution in [0.3, 0.4) is 0 Å². The highest BCUT2D eigenvalue weighted by molar-refractivity contribution is 14.2. The van der Waals surface area contributed by atoms with Gasteiger partial charge in [0.25, 0.3) is 0 Å². The summed E-state index contributed by atoms with van der Waals surface area (Å²) in [6.07, 6.45) is 1.73. The summed E-state index contributed by atoms with van der Waals surface area (Å²) >= 11 is 3.80. The van der Waals surface area contributed by atoms with Crippen LogP contribution in [0.15, 0.2) is 35.7 Å². The Morgan fingerprint density at radius 2 is 2.00 bits per heavy atom. The average molecular weight is 653 g/mol. The molecular formula is C27H29IN2O5S2. The molecule has 0 N–H and O–H groups in total. The van der Waals surface area contributed by atoms with Crippen LogP contribution in [-0.4, -0.2) is 56.1 Å². The topological polar surface area (TPSA) is 78.0 Å². The number of esters is 2. The number of carbonyl (C=O) groups excluding carboxylic acids is 2. The maximum absolute atomic E-state index is 13.4. The second-order valence-electron chi connectivity index (χ2n) is 8.35. The first-order chi connectivity index (χ1) is 18.0. The fourth-order valence-electron chi connectivity index (χ4n) is 4.35. The van der Waals surface area contributed by atoms with Crippen LogP contribution in [0.2, 0.25) is 0 Å². The molecule has 0 radical (unpaired) electrons. The summed E-state index contributed by atoms with van der Waals surface area (Å²) in [6, 6.07) is 9.47. The van der Waals surface area contributed by atoms with E-state index in [1.165, 1.54) is 12.7 Å². The van der Waals surface area contributed by atoms with Crippen molar-refractivity contribution in [3.63, 3.8) is 0 Å². The van der Waals surface area contributed by atoms with Gasteiger partial charge in [0.1, 0.15) is 18.2 Å². The van der Waals surface area contributed by atoms with Gasteiger partial charge in [-0.3, -0.25) is 0 Å². The van der Waals surface area contributed by atoms with Crippen molar-refractivity contribution in [2.24, 2.45) is 0 Å². The molecular weight excluding hydrogens is 623 g/mol. The predicted molar refractivity (Wildman–Crippen MR) is 158 cm³/mol. The lowest BCUT2D eigenvalue weighted by Crippen LogP contribution is -2.25. The largest absolute Gasteiger partial charge is 0.493 e. The van der Waals surface area contributed by atoms with Crippen molar-refractivity contribution >= 4 is 59.2 Å². The lowest BCUT2D eigenvalue weighted by Gasteiger charge is -2.23. The molecule has 0 saturated heterocycles. The number of pyridine rings is 1. The number of hydrogen-bond donors (Lipinski definition) is 0. The maximum atomic E-state index is 13.4. The molecule has 2 aromatic heterocycles. The van der Waals surface area contributed by atoms with E-state index in [-0.39, 0.29) is 12.3 Å². The Labute approximate surface area is 237 Å². The number of thiophene rings is 1. The minimum atomic E-state index is -0.568. The van der Waals surface area contributed by atoms with Gasteiger partial charge in [-0.2, -0.15) is 0 Å². The standard InChI is InChI=1S/C27H29IN2O5S2/c1-4-10-30(5-2)23-7-6-18(24(29-23)27(32)33-3)19-16-22-21(15-20(19)26(31)35-12-14-37-28)25-17(8-11-34-22)9-13-36-25/h6-7,9,13,15-16H,4-5,8,10-12,14H2,1-3H3. The normalized spacial score (nSPS) is 12.1. The monoisotopic (exact) mass is 652 g/mol. The van der Waals surface area contributed by atoms with Crippen molar-refractivity contribution in [2.75, 3.05) is 44.1 Å². The molecule has 3 aromatic rings. The molecule has 0 atom stereocenters. The minimum absolute atomic E-state index is 0.150. The highest BCUT2D eigenvalue weighted by Crippen LogP contribution is 2.43. The number of aromatic nitrogens is 1. The molecule has 0 spiro atoms. The molecule has 7 nitrogen and oxygen atoms in total. The van der Waals surface area contributed by atoms with Gasteiger partial charge in [-0.25, -0.2) is 14.6 Å². The third kappa shape index (κ3) is 6.06. The van der Waals surface area contributed by atoms with Gasteiger partial charge in [-0.05, 0) is 75.8 Å². The van der Waals surface area contributed by atoms with Crippen LogP contribution in [0.1, 0.15) is 46.7 Å². The van der Waals surface area contributed by atoms with Gasteiger partial charge in [0, 0.05) is 46.8 Å². The first-order valence-electron chi connectivity index (χ1n) is 12.1. The Kier molecular flexibility index (Phi) is 9.71. The Balaban J connectivity index is 1.91. The SMILES string of the molecule is CCCN(CC)c1ccc(-c2cc3c(cc2C(=O)OCCSI)-c2sccc2CCO3)c(C(=O)OC)n1. The summed E-state index contributed by atoms with van der Waals surface area (Å²) < 4.78 is 16.8. The second kappa shape index (κ2) is 13.0. The van der Waals surface area contributed by atoms with Crippen molar-refractivity contribution in [1.82, 2.24) is 4.98 Å². The van der Waals surface area contributed by atoms with Gasteiger partial charge in [0.2, 0.25) is 0 Å². The Morgan fingerprint density at radius 1 is 1.16 bits per heavy atom. The third-order valence-corrected chi connectivity index (χ3v) is 8.73.